The third-order valence-corrected chi connectivity index (χ3v) is 5.40. The molecular weight excluding hydrogens is 260 g/mol. The molecule has 21 heavy (non-hydrogen) atoms. The van der Waals surface area contributed by atoms with E-state index in [9.17, 15) is 4.79 Å². The first-order valence-corrected chi connectivity index (χ1v) is 8.04. The van der Waals surface area contributed by atoms with Crippen LogP contribution < -0.4 is 5.73 Å². The summed E-state index contributed by atoms with van der Waals surface area (Å²) in [5.74, 6) is 1.87. The maximum absolute atomic E-state index is 11.5. The molecule has 1 amide bonds. The van der Waals surface area contributed by atoms with E-state index in [-0.39, 0.29) is 11.4 Å². The largest absolute Gasteiger partial charge is 0.342 e. The fourth-order valence-corrected chi connectivity index (χ4v) is 4.12. The highest BCUT2D eigenvalue weighted by atomic mass is 16.2. The molecule has 2 N–H and O–H groups in total. The lowest BCUT2D eigenvalue weighted by Crippen LogP contribution is -2.37. The summed E-state index contributed by atoms with van der Waals surface area (Å²) in [6.45, 7) is 7.89. The highest BCUT2D eigenvalue weighted by molar-refractivity contribution is 5.73. The van der Waals surface area contributed by atoms with Gasteiger partial charge in [-0.25, -0.2) is 0 Å². The summed E-state index contributed by atoms with van der Waals surface area (Å²) in [5, 5.41) is 0. The predicted molar refractivity (Wildman–Crippen MR) is 84.9 cm³/mol. The first-order valence-electron chi connectivity index (χ1n) is 8.04. The molecule has 3 nitrogen and oxygen atoms in total. The van der Waals surface area contributed by atoms with Gasteiger partial charge in [0, 0.05) is 25.6 Å². The molecule has 2 fully saturated rings. The van der Waals surface area contributed by atoms with Gasteiger partial charge in [-0.1, -0.05) is 38.1 Å². The minimum atomic E-state index is -0.205. The Hall–Kier alpha value is -1.35. The molecule has 1 aliphatic carbocycles. The number of hydrogen-bond acceptors (Lipinski definition) is 2. The molecule has 0 spiro atoms. The van der Waals surface area contributed by atoms with Crippen molar-refractivity contribution < 1.29 is 4.79 Å². The number of likely N-dealkylation sites (tertiary alicyclic amines) is 1. The summed E-state index contributed by atoms with van der Waals surface area (Å²) in [5.41, 5.74) is 9.19. The average molecular weight is 286 g/mol. The molecule has 2 unspecified atom stereocenters. The number of carbonyl (C=O) groups excluding carboxylic acids is 1. The zero-order valence-corrected chi connectivity index (χ0v) is 13.3. The number of amides is 1. The van der Waals surface area contributed by atoms with Gasteiger partial charge >= 0.3 is 0 Å². The van der Waals surface area contributed by atoms with Crippen LogP contribution in [-0.2, 0) is 10.3 Å². The number of nitrogens with zero attached hydrogens (tertiary/aromatic N) is 1. The van der Waals surface area contributed by atoms with Crippen molar-refractivity contribution in [3.63, 3.8) is 0 Å². The number of hydrogen-bond donors (Lipinski definition) is 1. The van der Waals surface area contributed by atoms with Gasteiger partial charge in [-0.15, -0.1) is 0 Å². The van der Waals surface area contributed by atoms with Gasteiger partial charge in [0.2, 0.25) is 5.91 Å². The first-order chi connectivity index (χ1) is 9.89. The van der Waals surface area contributed by atoms with Gasteiger partial charge in [0.1, 0.15) is 0 Å². The average Bonchev–Trinajstić information content (AvgIpc) is 2.94. The van der Waals surface area contributed by atoms with Gasteiger partial charge in [-0.3, -0.25) is 4.79 Å². The SMILES string of the molecule is CC(=O)N1CC2CC(N)(c3cccc(C(C)C)c3)CC2C1. The third-order valence-electron chi connectivity index (χ3n) is 5.40. The lowest BCUT2D eigenvalue weighted by atomic mass is 9.85. The van der Waals surface area contributed by atoms with E-state index in [1.54, 1.807) is 6.92 Å². The van der Waals surface area contributed by atoms with E-state index < -0.39 is 0 Å². The van der Waals surface area contributed by atoms with E-state index in [1.807, 2.05) is 4.90 Å². The first kappa shape index (κ1) is 14.6. The molecule has 1 aromatic rings. The Kier molecular flexibility index (Phi) is 3.56. The van der Waals surface area contributed by atoms with Gasteiger partial charge in [-0.05, 0) is 41.7 Å². The number of rotatable bonds is 2. The Labute approximate surface area is 127 Å². The zero-order valence-electron chi connectivity index (χ0n) is 13.3. The molecule has 1 aliphatic heterocycles. The maximum atomic E-state index is 11.5. The second-order valence-corrected chi connectivity index (χ2v) is 7.29. The monoisotopic (exact) mass is 286 g/mol. The Morgan fingerprint density at radius 2 is 1.90 bits per heavy atom. The highest BCUT2D eigenvalue weighted by Crippen LogP contribution is 2.47. The standard InChI is InChI=1S/C18H26N2O/c1-12(2)14-5-4-6-17(7-14)18(19)8-15-10-20(13(3)21)11-16(15)9-18/h4-7,12,15-16H,8-11,19H2,1-3H3. The number of benzene rings is 1. The van der Waals surface area contributed by atoms with Crippen LogP contribution >= 0.6 is 0 Å². The molecule has 3 heteroatoms. The van der Waals surface area contributed by atoms with Crippen LogP contribution in [0.25, 0.3) is 0 Å². The van der Waals surface area contributed by atoms with Crippen LogP contribution in [0, 0.1) is 11.8 Å². The van der Waals surface area contributed by atoms with Crippen molar-refractivity contribution in [2.45, 2.75) is 45.1 Å². The molecule has 1 saturated carbocycles. The molecule has 0 bridgehead atoms. The van der Waals surface area contributed by atoms with E-state index in [0.717, 1.165) is 25.9 Å². The Bertz CT molecular complexity index is 538. The number of carbonyl (C=O) groups is 1. The summed E-state index contributed by atoms with van der Waals surface area (Å²) in [6, 6.07) is 8.78. The quantitative estimate of drug-likeness (QED) is 0.908. The van der Waals surface area contributed by atoms with E-state index in [2.05, 4.69) is 38.1 Å². The molecule has 2 aliphatic rings. The number of nitrogens with two attached hydrogens (primary N) is 1. The minimum Gasteiger partial charge on any atom is -0.342 e. The Balaban J connectivity index is 1.79. The number of fused-ring (bicyclic) bond motifs is 1. The van der Waals surface area contributed by atoms with Gasteiger partial charge in [0.15, 0.2) is 0 Å². The Morgan fingerprint density at radius 1 is 1.29 bits per heavy atom. The summed E-state index contributed by atoms with van der Waals surface area (Å²) in [7, 11) is 0. The zero-order chi connectivity index (χ0) is 15.2. The summed E-state index contributed by atoms with van der Waals surface area (Å²) >= 11 is 0. The lowest BCUT2D eigenvalue weighted by Gasteiger charge is -2.28. The second-order valence-electron chi connectivity index (χ2n) is 7.29. The van der Waals surface area contributed by atoms with Gasteiger partial charge in [0.25, 0.3) is 0 Å². The summed E-state index contributed by atoms with van der Waals surface area (Å²) in [6.07, 6.45) is 2.01. The van der Waals surface area contributed by atoms with E-state index in [4.69, 9.17) is 5.73 Å². The molecule has 114 valence electrons. The fraction of sp³-hybridized carbons (Fsp3) is 0.611. The maximum Gasteiger partial charge on any atom is 0.219 e. The molecule has 1 saturated heterocycles. The van der Waals surface area contributed by atoms with Gasteiger partial charge < -0.3 is 10.6 Å². The van der Waals surface area contributed by atoms with Crippen LogP contribution in [0.15, 0.2) is 24.3 Å². The molecule has 1 heterocycles. The third kappa shape index (κ3) is 2.59. The minimum absolute atomic E-state index is 0.203. The van der Waals surface area contributed by atoms with Crippen LogP contribution in [0.1, 0.15) is 50.7 Å². The van der Waals surface area contributed by atoms with E-state index >= 15 is 0 Å². The highest BCUT2D eigenvalue weighted by Gasteiger charge is 2.48. The van der Waals surface area contributed by atoms with Gasteiger partial charge in [-0.2, -0.15) is 0 Å². The molecule has 1 aromatic carbocycles. The molecular formula is C18H26N2O. The van der Waals surface area contributed by atoms with E-state index in [0.29, 0.717) is 17.8 Å². The van der Waals surface area contributed by atoms with Crippen molar-refractivity contribution in [2.75, 3.05) is 13.1 Å². The topological polar surface area (TPSA) is 46.3 Å². The van der Waals surface area contributed by atoms with Crippen molar-refractivity contribution >= 4 is 5.91 Å². The van der Waals surface area contributed by atoms with Gasteiger partial charge in [0.05, 0.1) is 0 Å². The van der Waals surface area contributed by atoms with Crippen molar-refractivity contribution in [2.24, 2.45) is 17.6 Å². The van der Waals surface area contributed by atoms with Crippen molar-refractivity contribution in [3.05, 3.63) is 35.4 Å². The summed E-state index contributed by atoms with van der Waals surface area (Å²) < 4.78 is 0. The second kappa shape index (κ2) is 5.13. The van der Waals surface area contributed by atoms with Crippen LogP contribution in [0.4, 0.5) is 0 Å². The van der Waals surface area contributed by atoms with Crippen LogP contribution in [-0.4, -0.2) is 23.9 Å². The lowest BCUT2D eigenvalue weighted by molar-refractivity contribution is -0.128. The molecule has 3 rings (SSSR count). The Morgan fingerprint density at radius 3 is 2.43 bits per heavy atom. The predicted octanol–water partition coefficient (Wildman–Crippen LogP) is 2.85. The smallest absolute Gasteiger partial charge is 0.219 e. The van der Waals surface area contributed by atoms with Crippen molar-refractivity contribution in [3.8, 4) is 0 Å². The fourth-order valence-electron chi connectivity index (χ4n) is 4.12. The van der Waals surface area contributed by atoms with Crippen molar-refractivity contribution in [1.29, 1.82) is 0 Å². The molecule has 2 atom stereocenters. The van der Waals surface area contributed by atoms with Crippen LogP contribution in [0.3, 0.4) is 0 Å². The molecule has 0 aromatic heterocycles. The van der Waals surface area contributed by atoms with Crippen LogP contribution in [0.5, 0.6) is 0 Å². The van der Waals surface area contributed by atoms with Crippen LogP contribution in [0.2, 0.25) is 0 Å². The summed E-state index contributed by atoms with van der Waals surface area (Å²) in [4.78, 5) is 13.5. The van der Waals surface area contributed by atoms with Crippen molar-refractivity contribution in [1.82, 2.24) is 4.90 Å². The molecule has 0 radical (unpaired) electrons. The van der Waals surface area contributed by atoms with E-state index in [1.165, 1.54) is 11.1 Å². The normalized spacial score (nSPS) is 31.8.